The van der Waals surface area contributed by atoms with Gasteiger partial charge in [-0.05, 0) is 48.2 Å². The van der Waals surface area contributed by atoms with Crippen molar-refractivity contribution in [2.24, 2.45) is 5.73 Å². The number of phenolic OH excluding ortho intramolecular Hbond substituents is 2. The zero-order valence-corrected chi connectivity index (χ0v) is 20.3. The van der Waals surface area contributed by atoms with E-state index < -0.39 is 60.8 Å². The van der Waals surface area contributed by atoms with Gasteiger partial charge in [0.05, 0.1) is 6.04 Å². The quantitative estimate of drug-likeness (QED) is 0.152. The monoisotopic (exact) mass is 530 g/mol. The largest absolute Gasteiger partial charge is 0.508 e. The van der Waals surface area contributed by atoms with Crippen LogP contribution in [0, 0.1) is 0 Å². The van der Waals surface area contributed by atoms with Gasteiger partial charge in [0.15, 0.2) is 0 Å². The lowest BCUT2D eigenvalue weighted by molar-refractivity contribution is -0.140. The van der Waals surface area contributed by atoms with Crippen LogP contribution in [-0.2, 0) is 36.8 Å². The Hall–Kier alpha value is -4.65. The number of carboxylic acids is 2. The van der Waals surface area contributed by atoms with Crippen molar-refractivity contribution in [3.8, 4) is 11.5 Å². The Bertz CT molecular complexity index is 1140. The van der Waals surface area contributed by atoms with E-state index in [0.717, 1.165) is 0 Å². The van der Waals surface area contributed by atoms with E-state index in [9.17, 15) is 34.2 Å². The lowest BCUT2D eigenvalue weighted by Gasteiger charge is -2.24. The molecule has 204 valence electrons. The van der Waals surface area contributed by atoms with Crippen molar-refractivity contribution in [2.45, 2.75) is 43.8 Å². The molecule has 0 aliphatic heterocycles. The van der Waals surface area contributed by atoms with Gasteiger partial charge in [0.2, 0.25) is 17.7 Å². The van der Waals surface area contributed by atoms with Gasteiger partial charge in [-0.15, -0.1) is 0 Å². The molecule has 0 fully saturated rings. The number of benzene rings is 2. The summed E-state index contributed by atoms with van der Waals surface area (Å²) in [5, 5.41) is 43.8. The van der Waals surface area contributed by atoms with Gasteiger partial charge in [-0.2, -0.15) is 0 Å². The molecule has 38 heavy (non-hydrogen) atoms. The third kappa shape index (κ3) is 10.1. The van der Waals surface area contributed by atoms with E-state index in [0.29, 0.717) is 11.1 Å². The maximum Gasteiger partial charge on any atom is 0.322 e. The summed E-state index contributed by atoms with van der Waals surface area (Å²) >= 11 is 0. The van der Waals surface area contributed by atoms with E-state index in [1.165, 1.54) is 36.4 Å². The second-order valence-corrected chi connectivity index (χ2v) is 8.51. The molecule has 2 aromatic carbocycles. The zero-order chi connectivity index (χ0) is 28.2. The highest BCUT2D eigenvalue weighted by Gasteiger charge is 2.29. The topological polar surface area (TPSA) is 228 Å². The fourth-order valence-corrected chi connectivity index (χ4v) is 3.43. The van der Waals surface area contributed by atoms with Crippen LogP contribution in [0.25, 0.3) is 0 Å². The Morgan fingerprint density at radius 3 is 1.68 bits per heavy atom. The highest BCUT2D eigenvalue weighted by atomic mass is 16.4. The van der Waals surface area contributed by atoms with E-state index in [1.807, 2.05) is 0 Å². The summed E-state index contributed by atoms with van der Waals surface area (Å²) in [5.74, 6) is -4.95. The van der Waals surface area contributed by atoms with Crippen LogP contribution in [0.3, 0.4) is 0 Å². The fraction of sp³-hybridized carbons (Fsp3) is 0.320. The Morgan fingerprint density at radius 1 is 0.684 bits per heavy atom. The maximum atomic E-state index is 13.2. The normalized spacial score (nSPS) is 13.0. The van der Waals surface area contributed by atoms with E-state index in [2.05, 4.69) is 16.0 Å². The molecule has 0 spiro atoms. The number of nitrogens with one attached hydrogen (secondary N) is 3. The summed E-state index contributed by atoms with van der Waals surface area (Å²) in [6.07, 6.45) is -0.782. The molecule has 0 bridgehead atoms. The SMILES string of the molecule is NC(Cc1ccc(O)cc1)C(=O)NC(Cc1ccc(O)cc1)C(=O)NC(CCC(=O)O)C(=O)NCC(=O)O. The van der Waals surface area contributed by atoms with Gasteiger partial charge in [-0.3, -0.25) is 24.0 Å². The Kier molecular flexibility index (Phi) is 11.0. The molecule has 13 nitrogen and oxygen atoms in total. The minimum absolute atomic E-state index is 0.0152. The molecular formula is C25H30N4O9. The molecular weight excluding hydrogens is 500 g/mol. The zero-order valence-electron chi connectivity index (χ0n) is 20.3. The fourth-order valence-electron chi connectivity index (χ4n) is 3.43. The first-order valence-corrected chi connectivity index (χ1v) is 11.6. The molecule has 2 aromatic rings. The molecule has 0 saturated heterocycles. The lowest BCUT2D eigenvalue weighted by atomic mass is 10.0. The molecule has 3 amide bonds. The lowest BCUT2D eigenvalue weighted by Crippen LogP contribution is -2.57. The number of amides is 3. The summed E-state index contributed by atoms with van der Waals surface area (Å²) < 4.78 is 0. The highest BCUT2D eigenvalue weighted by molar-refractivity contribution is 5.94. The summed E-state index contributed by atoms with van der Waals surface area (Å²) in [5.41, 5.74) is 7.23. The van der Waals surface area contributed by atoms with E-state index in [-0.39, 0.29) is 30.8 Å². The number of carbonyl (C=O) groups is 5. The third-order valence-corrected chi connectivity index (χ3v) is 5.43. The highest BCUT2D eigenvalue weighted by Crippen LogP contribution is 2.13. The number of aliphatic carboxylic acids is 2. The van der Waals surface area contributed by atoms with Crippen LogP contribution < -0.4 is 21.7 Å². The predicted molar refractivity (Wildman–Crippen MR) is 133 cm³/mol. The molecule has 13 heteroatoms. The van der Waals surface area contributed by atoms with Crippen LogP contribution in [-0.4, -0.2) is 74.8 Å². The average Bonchev–Trinajstić information content (AvgIpc) is 2.86. The van der Waals surface area contributed by atoms with E-state index in [4.69, 9.17) is 15.9 Å². The average molecular weight is 531 g/mol. The summed E-state index contributed by atoms with van der Waals surface area (Å²) in [4.78, 5) is 60.3. The number of hydrogen-bond donors (Lipinski definition) is 8. The number of rotatable bonds is 14. The van der Waals surface area contributed by atoms with Crippen molar-refractivity contribution in [2.75, 3.05) is 6.54 Å². The van der Waals surface area contributed by atoms with Crippen LogP contribution >= 0.6 is 0 Å². The van der Waals surface area contributed by atoms with E-state index in [1.54, 1.807) is 12.1 Å². The minimum Gasteiger partial charge on any atom is -0.508 e. The molecule has 0 radical (unpaired) electrons. The van der Waals surface area contributed by atoms with Gasteiger partial charge < -0.3 is 42.1 Å². The maximum absolute atomic E-state index is 13.2. The van der Waals surface area contributed by atoms with Crippen molar-refractivity contribution >= 4 is 29.7 Å². The smallest absolute Gasteiger partial charge is 0.322 e. The number of hydrogen-bond acceptors (Lipinski definition) is 8. The molecule has 9 N–H and O–H groups in total. The third-order valence-electron chi connectivity index (χ3n) is 5.43. The molecule has 3 atom stereocenters. The first-order chi connectivity index (χ1) is 17.9. The molecule has 0 aliphatic carbocycles. The van der Waals surface area contributed by atoms with Crippen molar-refractivity contribution in [3.63, 3.8) is 0 Å². The number of carboxylic acid groups (broad SMARTS) is 2. The van der Waals surface area contributed by atoms with Crippen LogP contribution in [0.15, 0.2) is 48.5 Å². The second kappa shape index (κ2) is 14.2. The van der Waals surface area contributed by atoms with Gasteiger partial charge in [-0.25, -0.2) is 0 Å². The van der Waals surface area contributed by atoms with Gasteiger partial charge in [-0.1, -0.05) is 24.3 Å². The van der Waals surface area contributed by atoms with Gasteiger partial charge in [0.25, 0.3) is 0 Å². The first kappa shape index (κ1) is 29.6. The molecule has 0 saturated carbocycles. The minimum atomic E-state index is -1.39. The van der Waals surface area contributed by atoms with Gasteiger partial charge in [0.1, 0.15) is 30.1 Å². The summed E-state index contributed by atoms with van der Waals surface area (Å²) in [6.45, 7) is -0.738. The van der Waals surface area contributed by atoms with Gasteiger partial charge in [0, 0.05) is 12.8 Å². The Balaban J connectivity index is 2.20. The number of phenols is 2. The Labute approximate surface area is 217 Å². The van der Waals surface area contributed by atoms with Crippen molar-refractivity contribution in [1.82, 2.24) is 16.0 Å². The summed E-state index contributed by atoms with van der Waals surface area (Å²) in [6, 6.07) is 8.17. The first-order valence-electron chi connectivity index (χ1n) is 11.6. The van der Waals surface area contributed by atoms with Crippen molar-refractivity contribution in [1.29, 1.82) is 0 Å². The van der Waals surface area contributed by atoms with Crippen LogP contribution in [0.1, 0.15) is 24.0 Å². The van der Waals surface area contributed by atoms with Gasteiger partial charge >= 0.3 is 11.9 Å². The van der Waals surface area contributed by atoms with Crippen molar-refractivity contribution in [3.05, 3.63) is 59.7 Å². The second-order valence-electron chi connectivity index (χ2n) is 8.51. The standard InChI is InChI=1S/C25H30N4O9/c26-18(11-14-1-5-16(30)6-2-14)23(36)29-20(12-15-3-7-17(31)8-4-15)25(38)28-19(9-10-21(32)33)24(37)27-13-22(34)35/h1-8,18-20,30-31H,9-13,26H2,(H,27,37)(H,28,38)(H,29,36)(H,32,33)(H,34,35). The van der Waals surface area contributed by atoms with Crippen molar-refractivity contribution < 1.29 is 44.4 Å². The molecule has 0 aliphatic rings. The predicted octanol–water partition coefficient (Wildman–Crippen LogP) is -0.754. The van der Waals surface area contributed by atoms with Crippen LogP contribution in [0.4, 0.5) is 0 Å². The molecule has 3 unspecified atom stereocenters. The number of nitrogens with two attached hydrogens (primary N) is 1. The molecule has 0 aromatic heterocycles. The summed E-state index contributed by atoms with van der Waals surface area (Å²) in [7, 11) is 0. The Morgan fingerprint density at radius 2 is 1.18 bits per heavy atom. The number of carbonyl (C=O) groups excluding carboxylic acids is 3. The van der Waals surface area contributed by atoms with E-state index >= 15 is 0 Å². The molecule has 2 rings (SSSR count). The van der Waals surface area contributed by atoms with Crippen LogP contribution in [0.2, 0.25) is 0 Å². The molecule has 0 heterocycles. The number of aromatic hydroxyl groups is 2. The van der Waals surface area contributed by atoms with Crippen LogP contribution in [0.5, 0.6) is 11.5 Å².